The van der Waals surface area contributed by atoms with Gasteiger partial charge in [-0.25, -0.2) is 4.99 Å². The number of rotatable bonds is 7. The van der Waals surface area contributed by atoms with Gasteiger partial charge in [-0.05, 0) is 48.0 Å². The standard InChI is InChI=1S/C21H20N2O4S/c1-2-14-7-9-16(10-8-14)22-21-23-20(26)18(28-21)13-15-5-3-4-6-17(15)27-12-11-19(24)25/h3-10,13H,2,11-12H2,1H3,(H,24,25)(H,22,23,26)/b18-13+. The number of aliphatic carboxylic acids is 1. The second kappa shape index (κ2) is 9.23. The Hall–Kier alpha value is -3.06. The maximum Gasteiger partial charge on any atom is 0.306 e. The first-order valence-corrected chi connectivity index (χ1v) is 9.69. The fourth-order valence-corrected chi connectivity index (χ4v) is 3.36. The lowest BCUT2D eigenvalue weighted by molar-refractivity contribution is -0.137. The van der Waals surface area contributed by atoms with Crippen LogP contribution in [0.1, 0.15) is 24.5 Å². The molecule has 1 heterocycles. The average Bonchev–Trinajstić information content (AvgIpc) is 3.02. The third-order valence-corrected chi connectivity index (χ3v) is 4.92. The topological polar surface area (TPSA) is 88.0 Å². The van der Waals surface area contributed by atoms with E-state index in [0.29, 0.717) is 21.4 Å². The van der Waals surface area contributed by atoms with Gasteiger partial charge in [0.05, 0.1) is 23.6 Å². The predicted octanol–water partition coefficient (Wildman–Crippen LogP) is 3.99. The summed E-state index contributed by atoms with van der Waals surface area (Å²) in [4.78, 5) is 27.9. The summed E-state index contributed by atoms with van der Waals surface area (Å²) in [6, 6.07) is 15.1. The Morgan fingerprint density at radius 1 is 1.21 bits per heavy atom. The van der Waals surface area contributed by atoms with Crippen molar-refractivity contribution in [3.8, 4) is 5.75 Å². The molecule has 0 unspecified atom stereocenters. The molecule has 0 aromatic heterocycles. The van der Waals surface area contributed by atoms with Crippen LogP contribution in [-0.2, 0) is 16.0 Å². The van der Waals surface area contributed by atoms with Crippen molar-refractivity contribution in [3.63, 3.8) is 0 Å². The molecule has 1 amide bonds. The highest BCUT2D eigenvalue weighted by Gasteiger charge is 2.24. The van der Waals surface area contributed by atoms with E-state index in [1.807, 2.05) is 36.4 Å². The number of carbonyl (C=O) groups excluding carboxylic acids is 1. The Bertz CT molecular complexity index is 936. The number of aliphatic imine (C=N–C) groups is 1. The fraction of sp³-hybridized carbons (Fsp3) is 0.190. The van der Waals surface area contributed by atoms with Crippen molar-refractivity contribution in [2.75, 3.05) is 6.61 Å². The molecule has 3 rings (SSSR count). The molecule has 28 heavy (non-hydrogen) atoms. The van der Waals surface area contributed by atoms with Crippen molar-refractivity contribution in [3.05, 3.63) is 64.6 Å². The van der Waals surface area contributed by atoms with Gasteiger partial charge in [-0.3, -0.25) is 9.59 Å². The predicted molar refractivity (Wildman–Crippen MR) is 111 cm³/mol. The molecule has 0 bridgehead atoms. The molecule has 0 spiro atoms. The van der Waals surface area contributed by atoms with Crippen LogP contribution >= 0.6 is 11.8 Å². The highest BCUT2D eigenvalue weighted by molar-refractivity contribution is 8.18. The van der Waals surface area contributed by atoms with Crippen LogP contribution in [0.25, 0.3) is 6.08 Å². The van der Waals surface area contributed by atoms with Gasteiger partial charge in [0.25, 0.3) is 5.91 Å². The van der Waals surface area contributed by atoms with Crippen molar-refractivity contribution >= 4 is 40.6 Å². The van der Waals surface area contributed by atoms with Gasteiger partial charge in [0.15, 0.2) is 5.17 Å². The molecule has 0 saturated carbocycles. The molecule has 7 heteroatoms. The summed E-state index contributed by atoms with van der Waals surface area (Å²) < 4.78 is 5.54. The number of aryl methyl sites for hydroxylation is 1. The Kier molecular flexibility index (Phi) is 6.49. The normalized spacial score (nSPS) is 16.4. The van der Waals surface area contributed by atoms with Crippen LogP contribution in [0.4, 0.5) is 5.69 Å². The summed E-state index contributed by atoms with van der Waals surface area (Å²) in [6.07, 6.45) is 2.59. The van der Waals surface area contributed by atoms with Gasteiger partial charge >= 0.3 is 5.97 Å². The summed E-state index contributed by atoms with van der Waals surface area (Å²) in [7, 11) is 0. The van der Waals surface area contributed by atoms with Gasteiger partial charge in [-0.1, -0.05) is 37.3 Å². The molecular weight excluding hydrogens is 376 g/mol. The van der Waals surface area contributed by atoms with E-state index in [2.05, 4.69) is 17.2 Å². The molecule has 1 saturated heterocycles. The summed E-state index contributed by atoms with van der Waals surface area (Å²) in [5.41, 5.74) is 2.71. The SMILES string of the molecule is CCc1ccc(N=C2NC(=O)/C(=C\c3ccccc3OCCC(=O)O)S2)cc1. The number of carboxylic acid groups (broad SMARTS) is 1. The second-order valence-electron chi connectivity index (χ2n) is 6.03. The summed E-state index contributed by atoms with van der Waals surface area (Å²) in [5, 5.41) is 12.0. The van der Waals surface area contributed by atoms with Crippen LogP contribution in [0.15, 0.2) is 58.4 Å². The number of ether oxygens (including phenoxy) is 1. The van der Waals surface area contributed by atoms with Crippen LogP contribution in [-0.4, -0.2) is 28.8 Å². The van der Waals surface area contributed by atoms with Gasteiger partial charge in [0.1, 0.15) is 5.75 Å². The van der Waals surface area contributed by atoms with Crippen LogP contribution < -0.4 is 10.1 Å². The Balaban J connectivity index is 1.75. The highest BCUT2D eigenvalue weighted by atomic mass is 32.2. The minimum Gasteiger partial charge on any atom is -0.492 e. The summed E-state index contributed by atoms with van der Waals surface area (Å²) in [5.74, 6) is -0.617. The molecular formula is C21H20N2O4S. The lowest BCUT2D eigenvalue weighted by atomic mass is 10.2. The monoisotopic (exact) mass is 396 g/mol. The zero-order valence-electron chi connectivity index (χ0n) is 15.3. The number of carboxylic acids is 1. The van der Waals surface area contributed by atoms with Crippen LogP contribution in [0, 0.1) is 0 Å². The van der Waals surface area contributed by atoms with Crippen molar-refractivity contribution in [2.24, 2.45) is 4.99 Å². The Labute approximate surface area is 167 Å². The number of hydrogen-bond acceptors (Lipinski definition) is 5. The number of nitrogens with one attached hydrogen (secondary N) is 1. The van der Waals surface area contributed by atoms with E-state index in [0.717, 1.165) is 12.1 Å². The molecule has 1 fully saturated rings. The first-order valence-electron chi connectivity index (χ1n) is 8.87. The molecule has 1 aliphatic heterocycles. The van der Waals surface area contributed by atoms with E-state index in [1.54, 1.807) is 18.2 Å². The van der Waals surface area contributed by atoms with Crippen molar-refractivity contribution < 1.29 is 19.4 Å². The van der Waals surface area contributed by atoms with Crippen molar-refractivity contribution in [2.45, 2.75) is 19.8 Å². The van der Waals surface area contributed by atoms with Gasteiger partial charge < -0.3 is 15.2 Å². The average molecular weight is 396 g/mol. The summed E-state index contributed by atoms with van der Waals surface area (Å²) in [6.45, 7) is 2.16. The fourth-order valence-electron chi connectivity index (χ4n) is 2.52. The van der Waals surface area contributed by atoms with Crippen molar-refractivity contribution in [1.29, 1.82) is 0 Å². The number of para-hydroxylation sites is 1. The molecule has 0 atom stereocenters. The molecule has 1 aliphatic rings. The maximum atomic E-state index is 12.3. The van der Waals surface area contributed by atoms with E-state index in [9.17, 15) is 9.59 Å². The molecule has 0 radical (unpaired) electrons. The number of amidine groups is 1. The van der Waals surface area contributed by atoms with Gasteiger partial charge in [-0.15, -0.1) is 0 Å². The zero-order valence-corrected chi connectivity index (χ0v) is 16.2. The van der Waals surface area contributed by atoms with Crippen molar-refractivity contribution in [1.82, 2.24) is 5.32 Å². The molecule has 6 nitrogen and oxygen atoms in total. The first-order chi connectivity index (χ1) is 13.5. The number of amides is 1. The maximum absolute atomic E-state index is 12.3. The molecule has 0 aliphatic carbocycles. The van der Waals surface area contributed by atoms with Crippen LogP contribution in [0.3, 0.4) is 0 Å². The minimum atomic E-state index is -0.922. The van der Waals surface area contributed by atoms with E-state index in [4.69, 9.17) is 9.84 Å². The second-order valence-corrected chi connectivity index (χ2v) is 7.06. The van der Waals surface area contributed by atoms with E-state index >= 15 is 0 Å². The number of hydrogen-bond donors (Lipinski definition) is 2. The van der Waals surface area contributed by atoms with Crippen LogP contribution in [0.2, 0.25) is 0 Å². The van der Waals surface area contributed by atoms with Gasteiger partial charge in [0, 0.05) is 5.56 Å². The highest BCUT2D eigenvalue weighted by Crippen LogP contribution is 2.30. The molecule has 2 aromatic carbocycles. The smallest absolute Gasteiger partial charge is 0.306 e. The first kappa shape index (κ1) is 19.7. The zero-order chi connectivity index (χ0) is 19.9. The largest absolute Gasteiger partial charge is 0.492 e. The van der Waals surface area contributed by atoms with Gasteiger partial charge in [0.2, 0.25) is 0 Å². The Morgan fingerprint density at radius 2 is 1.96 bits per heavy atom. The number of carbonyl (C=O) groups is 2. The van der Waals surface area contributed by atoms with E-state index in [1.165, 1.54) is 17.3 Å². The lowest BCUT2D eigenvalue weighted by Gasteiger charge is -2.08. The number of benzene rings is 2. The number of thioether (sulfide) groups is 1. The molecule has 144 valence electrons. The van der Waals surface area contributed by atoms with E-state index in [-0.39, 0.29) is 18.9 Å². The lowest BCUT2D eigenvalue weighted by Crippen LogP contribution is -2.19. The van der Waals surface area contributed by atoms with Gasteiger partial charge in [-0.2, -0.15) is 0 Å². The third-order valence-electron chi connectivity index (χ3n) is 4.01. The van der Waals surface area contributed by atoms with E-state index < -0.39 is 5.97 Å². The van der Waals surface area contributed by atoms with Crippen LogP contribution in [0.5, 0.6) is 5.75 Å². The Morgan fingerprint density at radius 3 is 2.68 bits per heavy atom. The molecule has 2 N–H and O–H groups in total. The minimum absolute atomic E-state index is 0.0648. The molecule has 2 aromatic rings. The third kappa shape index (κ3) is 5.23. The number of nitrogens with zero attached hydrogens (tertiary/aromatic N) is 1. The summed E-state index contributed by atoms with van der Waals surface area (Å²) >= 11 is 1.26. The quantitative estimate of drug-likeness (QED) is 0.691.